The quantitative estimate of drug-likeness (QED) is 0.921. The molecule has 1 aliphatic rings. The number of nitrogens with zero attached hydrogens (tertiary/aromatic N) is 2. The van der Waals surface area contributed by atoms with Crippen molar-refractivity contribution in [2.45, 2.75) is 25.8 Å². The van der Waals surface area contributed by atoms with Crippen LogP contribution in [-0.4, -0.2) is 34.9 Å². The first kappa shape index (κ1) is 14.0. The number of carbonyl (C=O) groups excluding carboxylic acids is 1. The molecule has 110 valence electrons. The van der Waals surface area contributed by atoms with Crippen LogP contribution in [0.5, 0.6) is 0 Å². The molecule has 4 heteroatoms. The van der Waals surface area contributed by atoms with E-state index in [1.807, 2.05) is 35.2 Å². The molecular formula is C17H21N3O. The molecule has 1 aromatic carbocycles. The first-order valence-corrected chi connectivity index (χ1v) is 7.55. The Morgan fingerprint density at radius 2 is 2.19 bits per heavy atom. The highest BCUT2D eigenvalue weighted by molar-refractivity contribution is 6.06. The van der Waals surface area contributed by atoms with Gasteiger partial charge in [-0.3, -0.25) is 9.78 Å². The molecule has 2 unspecified atom stereocenters. The number of piperidine rings is 1. The zero-order chi connectivity index (χ0) is 14.8. The van der Waals surface area contributed by atoms with Gasteiger partial charge in [-0.1, -0.05) is 12.1 Å². The maximum Gasteiger partial charge on any atom is 0.254 e. The highest BCUT2D eigenvalue weighted by Crippen LogP contribution is 2.25. The number of hydrogen-bond donors (Lipinski definition) is 1. The molecule has 2 heterocycles. The molecule has 2 atom stereocenters. The standard InChI is InChI=1S/C17H21N3O/c1-12-7-8-13(10-18)11-20(12)17(21)15-4-2-6-16-14(15)5-3-9-19-16/h2-6,9,12-13H,7-8,10-11,18H2,1H3. The van der Waals surface area contributed by atoms with Gasteiger partial charge in [-0.25, -0.2) is 0 Å². The predicted octanol–water partition coefficient (Wildman–Crippen LogP) is 2.43. The Hall–Kier alpha value is -1.94. The van der Waals surface area contributed by atoms with Gasteiger partial charge in [0.05, 0.1) is 5.52 Å². The summed E-state index contributed by atoms with van der Waals surface area (Å²) in [6.07, 6.45) is 3.89. The fraction of sp³-hybridized carbons (Fsp3) is 0.412. The highest BCUT2D eigenvalue weighted by Gasteiger charge is 2.29. The third-order valence-electron chi connectivity index (χ3n) is 4.45. The lowest BCUT2D eigenvalue weighted by molar-refractivity contribution is 0.0569. The topological polar surface area (TPSA) is 59.2 Å². The lowest BCUT2D eigenvalue weighted by atomic mass is 9.92. The van der Waals surface area contributed by atoms with Crippen molar-refractivity contribution in [1.29, 1.82) is 0 Å². The van der Waals surface area contributed by atoms with Crippen molar-refractivity contribution in [3.63, 3.8) is 0 Å². The summed E-state index contributed by atoms with van der Waals surface area (Å²) in [5, 5.41) is 0.923. The minimum atomic E-state index is 0.0965. The van der Waals surface area contributed by atoms with Crippen LogP contribution in [0, 0.1) is 5.92 Å². The number of hydrogen-bond acceptors (Lipinski definition) is 3. The van der Waals surface area contributed by atoms with E-state index in [9.17, 15) is 4.79 Å². The Morgan fingerprint density at radius 1 is 1.33 bits per heavy atom. The third kappa shape index (κ3) is 2.63. The Kier molecular flexibility index (Phi) is 3.88. The largest absolute Gasteiger partial charge is 0.336 e. The van der Waals surface area contributed by atoms with Crippen molar-refractivity contribution >= 4 is 16.8 Å². The second-order valence-electron chi connectivity index (χ2n) is 5.86. The zero-order valence-electron chi connectivity index (χ0n) is 12.3. The number of carbonyl (C=O) groups is 1. The normalized spacial score (nSPS) is 22.5. The lowest BCUT2D eigenvalue weighted by Crippen LogP contribution is -2.47. The number of pyridine rings is 1. The number of amides is 1. The molecule has 1 fully saturated rings. The monoisotopic (exact) mass is 283 g/mol. The van der Waals surface area contributed by atoms with Crippen molar-refractivity contribution in [2.24, 2.45) is 11.7 Å². The molecule has 0 aliphatic carbocycles. The van der Waals surface area contributed by atoms with Gasteiger partial charge >= 0.3 is 0 Å². The maximum absolute atomic E-state index is 12.9. The molecular weight excluding hydrogens is 262 g/mol. The van der Waals surface area contributed by atoms with E-state index in [1.54, 1.807) is 6.20 Å². The van der Waals surface area contributed by atoms with Crippen LogP contribution in [0.3, 0.4) is 0 Å². The molecule has 2 N–H and O–H groups in total. The summed E-state index contributed by atoms with van der Waals surface area (Å²) in [5.41, 5.74) is 7.40. The molecule has 1 saturated heterocycles. The van der Waals surface area contributed by atoms with Gasteiger partial charge in [0.25, 0.3) is 5.91 Å². The summed E-state index contributed by atoms with van der Waals surface area (Å²) in [6.45, 7) is 3.52. The van der Waals surface area contributed by atoms with E-state index in [0.29, 0.717) is 12.5 Å². The van der Waals surface area contributed by atoms with E-state index in [1.165, 1.54) is 0 Å². The predicted molar refractivity (Wildman–Crippen MR) is 84.0 cm³/mol. The van der Waals surface area contributed by atoms with E-state index in [2.05, 4.69) is 11.9 Å². The van der Waals surface area contributed by atoms with E-state index < -0.39 is 0 Å². The number of fused-ring (bicyclic) bond motifs is 1. The summed E-state index contributed by atoms with van der Waals surface area (Å²) in [7, 11) is 0. The number of aromatic nitrogens is 1. The smallest absolute Gasteiger partial charge is 0.254 e. The molecule has 4 nitrogen and oxygen atoms in total. The number of likely N-dealkylation sites (tertiary alicyclic amines) is 1. The van der Waals surface area contributed by atoms with Crippen LogP contribution in [0.2, 0.25) is 0 Å². The van der Waals surface area contributed by atoms with Crippen molar-refractivity contribution in [2.75, 3.05) is 13.1 Å². The van der Waals surface area contributed by atoms with Crippen LogP contribution < -0.4 is 5.73 Å². The van der Waals surface area contributed by atoms with Crippen LogP contribution in [0.25, 0.3) is 10.9 Å². The van der Waals surface area contributed by atoms with E-state index in [0.717, 1.165) is 35.9 Å². The number of benzene rings is 1. The van der Waals surface area contributed by atoms with Crippen molar-refractivity contribution < 1.29 is 4.79 Å². The summed E-state index contributed by atoms with van der Waals surface area (Å²) in [6, 6.07) is 9.84. The zero-order valence-corrected chi connectivity index (χ0v) is 12.3. The molecule has 0 radical (unpaired) electrons. The maximum atomic E-state index is 12.9. The fourth-order valence-corrected chi connectivity index (χ4v) is 3.10. The average molecular weight is 283 g/mol. The van der Waals surface area contributed by atoms with Gasteiger partial charge in [0.15, 0.2) is 0 Å². The Morgan fingerprint density at radius 3 is 3.00 bits per heavy atom. The van der Waals surface area contributed by atoms with E-state index in [-0.39, 0.29) is 11.9 Å². The molecule has 2 aromatic rings. The van der Waals surface area contributed by atoms with Gasteiger partial charge in [0.1, 0.15) is 0 Å². The lowest BCUT2D eigenvalue weighted by Gasteiger charge is -2.38. The number of nitrogens with two attached hydrogens (primary N) is 1. The number of rotatable bonds is 2. The summed E-state index contributed by atoms with van der Waals surface area (Å²) >= 11 is 0. The first-order valence-electron chi connectivity index (χ1n) is 7.55. The van der Waals surface area contributed by atoms with Crippen molar-refractivity contribution in [3.05, 3.63) is 42.1 Å². The van der Waals surface area contributed by atoms with Crippen LogP contribution in [0.1, 0.15) is 30.1 Å². The molecule has 3 rings (SSSR count). The molecule has 1 amide bonds. The summed E-state index contributed by atoms with van der Waals surface area (Å²) < 4.78 is 0. The van der Waals surface area contributed by atoms with Gasteiger partial charge in [-0.15, -0.1) is 0 Å². The van der Waals surface area contributed by atoms with Gasteiger partial charge in [0, 0.05) is 29.7 Å². The van der Waals surface area contributed by atoms with Crippen LogP contribution in [-0.2, 0) is 0 Å². The van der Waals surface area contributed by atoms with Crippen LogP contribution >= 0.6 is 0 Å². The summed E-state index contributed by atoms with van der Waals surface area (Å²) in [5.74, 6) is 0.512. The van der Waals surface area contributed by atoms with Gasteiger partial charge in [-0.05, 0) is 50.4 Å². The highest BCUT2D eigenvalue weighted by atomic mass is 16.2. The Labute approximate surface area is 125 Å². The Balaban J connectivity index is 1.96. The molecule has 21 heavy (non-hydrogen) atoms. The minimum Gasteiger partial charge on any atom is -0.336 e. The molecule has 0 spiro atoms. The van der Waals surface area contributed by atoms with E-state index >= 15 is 0 Å². The average Bonchev–Trinajstić information content (AvgIpc) is 2.54. The van der Waals surface area contributed by atoms with Gasteiger partial charge in [-0.2, -0.15) is 0 Å². The van der Waals surface area contributed by atoms with Crippen LogP contribution in [0.15, 0.2) is 36.5 Å². The van der Waals surface area contributed by atoms with Crippen molar-refractivity contribution in [1.82, 2.24) is 9.88 Å². The molecule has 1 aromatic heterocycles. The van der Waals surface area contributed by atoms with Crippen LogP contribution in [0.4, 0.5) is 0 Å². The van der Waals surface area contributed by atoms with Gasteiger partial charge < -0.3 is 10.6 Å². The minimum absolute atomic E-state index is 0.0965. The first-order chi connectivity index (χ1) is 10.2. The second kappa shape index (κ2) is 5.82. The SMILES string of the molecule is CC1CCC(CN)CN1C(=O)c1cccc2ncccc12. The molecule has 0 bridgehead atoms. The second-order valence-corrected chi connectivity index (χ2v) is 5.86. The Bertz CT molecular complexity index is 650. The fourth-order valence-electron chi connectivity index (χ4n) is 3.10. The van der Waals surface area contributed by atoms with Crippen molar-refractivity contribution in [3.8, 4) is 0 Å². The van der Waals surface area contributed by atoms with Gasteiger partial charge in [0.2, 0.25) is 0 Å². The molecule has 0 saturated carbocycles. The third-order valence-corrected chi connectivity index (χ3v) is 4.45. The van der Waals surface area contributed by atoms with E-state index in [4.69, 9.17) is 5.73 Å². The summed E-state index contributed by atoms with van der Waals surface area (Å²) in [4.78, 5) is 19.2. The molecule has 1 aliphatic heterocycles.